The SMILES string of the molecule is C=C(NNC(=O)c1ccccc1)c1cccc(N)c1. The lowest BCUT2D eigenvalue weighted by Crippen LogP contribution is -2.35. The van der Waals surface area contributed by atoms with E-state index in [1.807, 2.05) is 30.3 Å². The van der Waals surface area contributed by atoms with Crippen LogP contribution in [0.1, 0.15) is 15.9 Å². The summed E-state index contributed by atoms with van der Waals surface area (Å²) in [4.78, 5) is 11.8. The molecule has 0 aromatic heterocycles. The van der Waals surface area contributed by atoms with E-state index in [0.717, 1.165) is 5.56 Å². The summed E-state index contributed by atoms with van der Waals surface area (Å²) in [5, 5.41) is 0. The van der Waals surface area contributed by atoms with E-state index >= 15 is 0 Å². The molecule has 0 bridgehead atoms. The smallest absolute Gasteiger partial charge is 0.269 e. The van der Waals surface area contributed by atoms with Gasteiger partial charge in [0.25, 0.3) is 5.91 Å². The van der Waals surface area contributed by atoms with Crippen molar-refractivity contribution < 1.29 is 4.79 Å². The van der Waals surface area contributed by atoms with Crippen LogP contribution >= 0.6 is 0 Å². The van der Waals surface area contributed by atoms with Gasteiger partial charge in [-0.05, 0) is 24.3 Å². The molecule has 0 atom stereocenters. The summed E-state index contributed by atoms with van der Waals surface area (Å²) < 4.78 is 0. The largest absolute Gasteiger partial charge is 0.399 e. The van der Waals surface area contributed by atoms with Gasteiger partial charge in [0.15, 0.2) is 0 Å². The predicted molar refractivity (Wildman–Crippen MR) is 76.9 cm³/mol. The van der Waals surface area contributed by atoms with Gasteiger partial charge in [-0.15, -0.1) is 0 Å². The molecule has 4 heteroatoms. The number of nitrogen functional groups attached to an aromatic ring is 1. The first-order valence-corrected chi connectivity index (χ1v) is 5.83. The van der Waals surface area contributed by atoms with Crippen molar-refractivity contribution in [2.24, 2.45) is 0 Å². The van der Waals surface area contributed by atoms with Crippen molar-refractivity contribution in [3.8, 4) is 0 Å². The third-order valence-electron chi connectivity index (χ3n) is 2.60. The van der Waals surface area contributed by atoms with Gasteiger partial charge in [-0.25, -0.2) is 0 Å². The lowest BCUT2D eigenvalue weighted by atomic mass is 10.1. The Bertz CT molecular complexity index is 593. The predicted octanol–water partition coefficient (Wildman–Crippen LogP) is 2.17. The Morgan fingerprint density at radius 2 is 1.63 bits per heavy atom. The van der Waals surface area contributed by atoms with Crippen LogP contribution in [-0.2, 0) is 0 Å². The van der Waals surface area contributed by atoms with Crippen molar-refractivity contribution in [2.75, 3.05) is 5.73 Å². The van der Waals surface area contributed by atoms with E-state index in [0.29, 0.717) is 16.9 Å². The van der Waals surface area contributed by atoms with E-state index < -0.39 is 0 Å². The van der Waals surface area contributed by atoms with Gasteiger partial charge in [-0.2, -0.15) is 0 Å². The summed E-state index contributed by atoms with van der Waals surface area (Å²) in [5.41, 5.74) is 13.7. The molecule has 19 heavy (non-hydrogen) atoms. The third-order valence-corrected chi connectivity index (χ3v) is 2.60. The van der Waals surface area contributed by atoms with Crippen LogP contribution in [0, 0.1) is 0 Å². The number of carbonyl (C=O) groups is 1. The lowest BCUT2D eigenvalue weighted by molar-refractivity contribution is 0.0942. The zero-order valence-electron chi connectivity index (χ0n) is 10.4. The molecule has 2 rings (SSSR count). The number of nitrogens with two attached hydrogens (primary N) is 1. The number of benzene rings is 2. The fraction of sp³-hybridized carbons (Fsp3) is 0. The van der Waals surface area contributed by atoms with E-state index in [1.165, 1.54) is 0 Å². The molecular formula is C15H15N3O. The zero-order valence-corrected chi connectivity index (χ0v) is 10.4. The van der Waals surface area contributed by atoms with Crippen LogP contribution in [0.25, 0.3) is 5.70 Å². The maximum atomic E-state index is 11.8. The maximum absolute atomic E-state index is 11.8. The second-order valence-corrected chi connectivity index (χ2v) is 4.05. The van der Waals surface area contributed by atoms with Crippen LogP contribution in [0.4, 0.5) is 5.69 Å². The van der Waals surface area contributed by atoms with Gasteiger partial charge in [0.05, 0.1) is 5.70 Å². The minimum Gasteiger partial charge on any atom is -0.399 e. The van der Waals surface area contributed by atoms with Gasteiger partial charge in [0.1, 0.15) is 0 Å². The molecule has 0 fully saturated rings. The van der Waals surface area contributed by atoms with Crippen molar-refractivity contribution in [1.82, 2.24) is 10.9 Å². The molecule has 4 N–H and O–H groups in total. The second kappa shape index (κ2) is 5.73. The molecule has 4 nitrogen and oxygen atoms in total. The zero-order chi connectivity index (χ0) is 13.7. The maximum Gasteiger partial charge on any atom is 0.269 e. The van der Waals surface area contributed by atoms with Gasteiger partial charge in [-0.3, -0.25) is 15.6 Å². The number of hydrogen-bond acceptors (Lipinski definition) is 3. The molecular weight excluding hydrogens is 238 g/mol. The number of rotatable bonds is 4. The van der Waals surface area contributed by atoms with Crippen LogP contribution in [0.3, 0.4) is 0 Å². The van der Waals surface area contributed by atoms with Gasteiger partial charge in [0, 0.05) is 16.8 Å². The van der Waals surface area contributed by atoms with E-state index in [-0.39, 0.29) is 5.91 Å². The molecule has 0 aliphatic heterocycles. The van der Waals surface area contributed by atoms with E-state index in [9.17, 15) is 4.79 Å². The fourth-order valence-electron chi connectivity index (χ4n) is 1.59. The summed E-state index contributed by atoms with van der Waals surface area (Å²) in [6, 6.07) is 16.2. The fourth-order valence-corrected chi connectivity index (χ4v) is 1.59. The average molecular weight is 253 g/mol. The monoisotopic (exact) mass is 253 g/mol. The molecule has 0 aliphatic carbocycles. The highest BCUT2D eigenvalue weighted by Crippen LogP contribution is 2.12. The molecule has 1 amide bonds. The summed E-state index contributed by atoms with van der Waals surface area (Å²) in [6.07, 6.45) is 0. The van der Waals surface area contributed by atoms with Crippen molar-refractivity contribution in [1.29, 1.82) is 0 Å². The normalized spacial score (nSPS) is 9.68. The number of carbonyl (C=O) groups excluding carboxylic acids is 1. The van der Waals surface area contributed by atoms with E-state index in [4.69, 9.17) is 5.73 Å². The Morgan fingerprint density at radius 3 is 2.32 bits per heavy atom. The van der Waals surface area contributed by atoms with E-state index in [1.54, 1.807) is 24.3 Å². The first-order chi connectivity index (χ1) is 9.16. The van der Waals surface area contributed by atoms with Gasteiger partial charge in [-0.1, -0.05) is 36.9 Å². The Hall–Kier alpha value is -2.75. The van der Waals surface area contributed by atoms with Gasteiger partial charge < -0.3 is 5.73 Å². The molecule has 0 saturated heterocycles. The highest BCUT2D eigenvalue weighted by Gasteiger charge is 2.04. The molecule has 2 aromatic carbocycles. The van der Waals surface area contributed by atoms with E-state index in [2.05, 4.69) is 17.4 Å². The second-order valence-electron chi connectivity index (χ2n) is 4.05. The number of nitrogens with one attached hydrogen (secondary N) is 2. The van der Waals surface area contributed by atoms with Crippen molar-refractivity contribution in [3.05, 3.63) is 72.3 Å². The van der Waals surface area contributed by atoms with Crippen LogP contribution in [0.15, 0.2) is 61.2 Å². The van der Waals surface area contributed by atoms with Gasteiger partial charge in [0.2, 0.25) is 0 Å². The minimum absolute atomic E-state index is 0.217. The topological polar surface area (TPSA) is 67.1 Å². The standard InChI is InChI=1S/C15H15N3O/c1-11(13-8-5-9-14(16)10-13)17-18-15(19)12-6-3-2-4-7-12/h2-10,17H,1,16H2,(H,18,19). The molecule has 0 aliphatic rings. The number of hydrazine groups is 1. The molecule has 0 unspecified atom stereocenters. The minimum atomic E-state index is -0.217. The molecule has 96 valence electrons. The van der Waals surface area contributed by atoms with Gasteiger partial charge >= 0.3 is 0 Å². The summed E-state index contributed by atoms with van der Waals surface area (Å²) in [6.45, 7) is 3.85. The van der Waals surface area contributed by atoms with Crippen LogP contribution in [0.2, 0.25) is 0 Å². The van der Waals surface area contributed by atoms with Crippen LogP contribution in [-0.4, -0.2) is 5.91 Å². The quantitative estimate of drug-likeness (QED) is 0.578. The van der Waals surface area contributed by atoms with Crippen LogP contribution in [0.5, 0.6) is 0 Å². The highest BCUT2D eigenvalue weighted by atomic mass is 16.2. The average Bonchev–Trinajstić information content (AvgIpc) is 2.45. The lowest BCUT2D eigenvalue weighted by Gasteiger charge is -2.11. The third kappa shape index (κ3) is 3.35. The number of hydrogen-bond donors (Lipinski definition) is 3. The summed E-state index contributed by atoms with van der Waals surface area (Å²) >= 11 is 0. The Labute approximate surface area is 111 Å². The number of amides is 1. The molecule has 0 saturated carbocycles. The van der Waals surface area contributed by atoms with Crippen LogP contribution < -0.4 is 16.6 Å². The molecule has 0 radical (unpaired) electrons. The van der Waals surface area contributed by atoms with Crippen molar-refractivity contribution in [2.45, 2.75) is 0 Å². The number of anilines is 1. The Balaban J connectivity index is 1.96. The molecule has 0 spiro atoms. The highest BCUT2D eigenvalue weighted by molar-refractivity contribution is 5.94. The van der Waals surface area contributed by atoms with Crippen molar-refractivity contribution in [3.63, 3.8) is 0 Å². The summed E-state index contributed by atoms with van der Waals surface area (Å²) in [5.74, 6) is -0.217. The van der Waals surface area contributed by atoms with Crippen molar-refractivity contribution >= 4 is 17.3 Å². The Kier molecular flexibility index (Phi) is 3.83. The Morgan fingerprint density at radius 1 is 0.947 bits per heavy atom. The first kappa shape index (κ1) is 12.7. The molecule has 0 heterocycles. The first-order valence-electron chi connectivity index (χ1n) is 5.83. The summed E-state index contributed by atoms with van der Waals surface area (Å²) in [7, 11) is 0. The molecule has 2 aromatic rings.